The molecule has 0 radical (unpaired) electrons. The Labute approximate surface area is 155 Å². The molecular formula is C19H20N4O4. The molecule has 3 aromatic rings. The maximum Gasteiger partial charge on any atom is 0.328 e. The molecule has 0 aliphatic carbocycles. The average Bonchev–Trinajstić information content (AvgIpc) is 3.10. The lowest BCUT2D eigenvalue weighted by atomic mass is 10.1. The van der Waals surface area contributed by atoms with E-state index in [1.165, 1.54) is 7.11 Å². The molecular weight excluding hydrogens is 348 g/mol. The van der Waals surface area contributed by atoms with Crippen molar-refractivity contribution in [1.82, 2.24) is 20.1 Å². The number of methoxy groups -OCH3 is 1. The average molecular weight is 368 g/mol. The van der Waals surface area contributed by atoms with Crippen molar-refractivity contribution in [2.75, 3.05) is 13.7 Å². The number of carboxylic acid groups (broad SMARTS) is 1. The molecule has 2 heterocycles. The molecule has 2 aromatic heterocycles. The SMILES string of the molecule is CCn1ncc2c(C(=O)NC(COC)C(=O)O)cc(-c3ccccc3)nc21. The van der Waals surface area contributed by atoms with Crippen molar-refractivity contribution in [2.45, 2.75) is 19.5 Å². The van der Waals surface area contributed by atoms with Crippen LogP contribution in [0.4, 0.5) is 0 Å². The molecule has 0 bridgehead atoms. The van der Waals surface area contributed by atoms with Crippen molar-refractivity contribution in [3.63, 3.8) is 0 Å². The second-order valence-corrected chi connectivity index (χ2v) is 5.94. The van der Waals surface area contributed by atoms with Crippen molar-refractivity contribution in [2.24, 2.45) is 0 Å². The summed E-state index contributed by atoms with van der Waals surface area (Å²) in [5.74, 6) is -1.68. The van der Waals surface area contributed by atoms with Gasteiger partial charge in [0.15, 0.2) is 11.7 Å². The Morgan fingerprint density at radius 3 is 2.67 bits per heavy atom. The monoisotopic (exact) mass is 368 g/mol. The van der Waals surface area contributed by atoms with Gasteiger partial charge in [0, 0.05) is 19.2 Å². The molecule has 0 saturated carbocycles. The van der Waals surface area contributed by atoms with E-state index in [1.807, 2.05) is 37.3 Å². The van der Waals surface area contributed by atoms with Gasteiger partial charge in [0.2, 0.25) is 0 Å². The summed E-state index contributed by atoms with van der Waals surface area (Å²) in [6, 6.07) is 9.97. The summed E-state index contributed by atoms with van der Waals surface area (Å²) in [4.78, 5) is 28.8. The predicted molar refractivity (Wildman–Crippen MR) is 99.4 cm³/mol. The number of carbonyl (C=O) groups is 2. The zero-order valence-corrected chi connectivity index (χ0v) is 15.0. The number of amides is 1. The van der Waals surface area contributed by atoms with Gasteiger partial charge in [-0.25, -0.2) is 14.5 Å². The smallest absolute Gasteiger partial charge is 0.328 e. The Kier molecular flexibility index (Phi) is 5.46. The lowest BCUT2D eigenvalue weighted by Crippen LogP contribution is -2.43. The van der Waals surface area contributed by atoms with E-state index in [2.05, 4.69) is 15.4 Å². The summed E-state index contributed by atoms with van der Waals surface area (Å²) in [6.45, 7) is 2.40. The molecule has 1 aromatic carbocycles. The highest BCUT2D eigenvalue weighted by Gasteiger charge is 2.23. The largest absolute Gasteiger partial charge is 0.480 e. The van der Waals surface area contributed by atoms with Gasteiger partial charge in [-0.05, 0) is 13.0 Å². The highest BCUT2D eigenvalue weighted by atomic mass is 16.5. The molecule has 0 saturated heterocycles. The number of aliphatic carboxylic acids is 1. The van der Waals surface area contributed by atoms with Gasteiger partial charge in [0.1, 0.15) is 0 Å². The Morgan fingerprint density at radius 2 is 2.04 bits per heavy atom. The highest BCUT2D eigenvalue weighted by Crippen LogP contribution is 2.25. The van der Waals surface area contributed by atoms with E-state index in [9.17, 15) is 14.7 Å². The first-order chi connectivity index (χ1) is 13.0. The molecule has 1 atom stereocenters. The van der Waals surface area contributed by atoms with Crippen LogP contribution in [-0.4, -0.2) is 51.5 Å². The second-order valence-electron chi connectivity index (χ2n) is 5.94. The normalized spacial score (nSPS) is 12.1. The summed E-state index contributed by atoms with van der Waals surface area (Å²) in [5, 5.41) is 16.6. The van der Waals surface area contributed by atoms with Crippen LogP contribution in [0.15, 0.2) is 42.6 Å². The Morgan fingerprint density at radius 1 is 1.30 bits per heavy atom. The second kappa shape index (κ2) is 7.96. The number of aryl methyl sites for hydroxylation is 1. The number of nitrogens with zero attached hydrogens (tertiary/aromatic N) is 3. The van der Waals surface area contributed by atoms with E-state index in [-0.39, 0.29) is 6.61 Å². The fourth-order valence-electron chi connectivity index (χ4n) is 2.80. The van der Waals surface area contributed by atoms with Crippen LogP contribution >= 0.6 is 0 Å². The number of carbonyl (C=O) groups excluding carboxylic acids is 1. The maximum absolute atomic E-state index is 12.8. The number of hydrogen-bond acceptors (Lipinski definition) is 5. The summed E-state index contributed by atoms with van der Waals surface area (Å²) in [6.07, 6.45) is 1.57. The van der Waals surface area contributed by atoms with Crippen LogP contribution in [0.3, 0.4) is 0 Å². The molecule has 27 heavy (non-hydrogen) atoms. The first-order valence-corrected chi connectivity index (χ1v) is 8.49. The minimum Gasteiger partial charge on any atom is -0.480 e. The van der Waals surface area contributed by atoms with Crippen LogP contribution in [-0.2, 0) is 16.1 Å². The van der Waals surface area contributed by atoms with E-state index in [4.69, 9.17) is 4.74 Å². The van der Waals surface area contributed by atoms with E-state index >= 15 is 0 Å². The predicted octanol–water partition coefficient (Wildman–Crippen LogP) is 1.95. The van der Waals surface area contributed by atoms with Gasteiger partial charge in [-0.15, -0.1) is 0 Å². The zero-order valence-electron chi connectivity index (χ0n) is 15.0. The van der Waals surface area contributed by atoms with Crippen LogP contribution in [0.5, 0.6) is 0 Å². The third-order valence-corrected chi connectivity index (χ3v) is 4.16. The van der Waals surface area contributed by atoms with Crippen molar-refractivity contribution in [3.05, 3.63) is 48.2 Å². The quantitative estimate of drug-likeness (QED) is 0.660. The number of hydrogen-bond donors (Lipinski definition) is 2. The molecule has 0 fully saturated rings. The number of pyridine rings is 1. The Balaban J connectivity index is 2.09. The molecule has 3 rings (SSSR count). The molecule has 1 amide bonds. The standard InChI is InChI=1S/C19H20N4O4/c1-3-23-17-14(10-20-23)13(18(24)22-16(11-27-2)19(25)26)9-15(21-17)12-7-5-4-6-8-12/h4-10,16H,3,11H2,1-2H3,(H,22,24)(H,25,26). The highest BCUT2D eigenvalue weighted by molar-refractivity contribution is 6.07. The van der Waals surface area contributed by atoms with E-state index < -0.39 is 17.9 Å². The number of rotatable bonds is 7. The molecule has 2 N–H and O–H groups in total. The third kappa shape index (κ3) is 3.80. The Bertz CT molecular complexity index is 969. The van der Waals surface area contributed by atoms with Crippen molar-refractivity contribution in [1.29, 1.82) is 0 Å². The van der Waals surface area contributed by atoms with Crippen LogP contribution in [0.2, 0.25) is 0 Å². The number of nitrogens with one attached hydrogen (secondary N) is 1. The number of carboxylic acids is 1. The molecule has 1 unspecified atom stereocenters. The minimum absolute atomic E-state index is 0.130. The van der Waals surface area contributed by atoms with Gasteiger partial charge < -0.3 is 15.2 Å². The minimum atomic E-state index is -1.16. The van der Waals surface area contributed by atoms with Gasteiger partial charge in [0.05, 0.1) is 29.4 Å². The van der Waals surface area contributed by atoms with E-state index in [0.717, 1.165) is 5.56 Å². The van der Waals surface area contributed by atoms with Crippen LogP contribution in [0, 0.1) is 0 Å². The fraction of sp³-hybridized carbons (Fsp3) is 0.263. The van der Waals surface area contributed by atoms with Crippen molar-refractivity contribution in [3.8, 4) is 11.3 Å². The molecule has 8 nitrogen and oxygen atoms in total. The number of aromatic nitrogens is 3. The maximum atomic E-state index is 12.8. The van der Waals surface area contributed by atoms with Gasteiger partial charge in [-0.3, -0.25) is 4.79 Å². The van der Waals surface area contributed by atoms with Gasteiger partial charge in [-0.1, -0.05) is 30.3 Å². The zero-order chi connectivity index (χ0) is 19.4. The van der Waals surface area contributed by atoms with Gasteiger partial charge in [0.25, 0.3) is 5.91 Å². The molecule has 0 spiro atoms. The first-order valence-electron chi connectivity index (χ1n) is 8.49. The lowest BCUT2D eigenvalue weighted by molar-refractivity contribution is -0.140. The van der Waals surface area contributed by atoms with Crippen LogP contribution in [0.1, 0.15) is 17.3 Å². The summed E-state index contributed by atoms with van der Waals surface area (Å²) >= 11 is 0. The molecule has 140 valence electrons. The summed E-state index contributed by atoms with van der Waals surface area (Å²) in [7, 11) is 1.38. The molecule has 0 aliphatic heterocycles. The Hall–Kier alpha value is -3.26. The molecule has 0 aliphatic rings. The fourth-order valence-corrected chi connectivity index (χ4v) is 2.80. The lowest BCUT2D eigenvalue weighted by Gasteiger charge is -2.14. The summed E-state index contributed by atoms with van der Waals surface area (Å²) < 4.78 is 6.58. The van der Waals surface area contributed by atoms with E-state index in [0.29, 0.717) is 28.8 Å². The number of ether oxygens (including phenoxy) is 1. The van der Waals surface area contributed by atoms with Crippen LogP contribution in [0.25, 0.3) is 22.3 Å². The third-order valence-electron chi connectivity index (χ3n) is 4.16. The number of benzene rings is 1. The van der Waals surface area contributed by atoms with Gasteiger partial charge in [-0.2, -0.15) is 5.10 Å². The first kappa shape index (κ1) is 18.5. The van der Waals surface area contributed by atoms with Crippen molar-refractivity contribution >= 4 is 22.9 Å². The summed E-state index contributed by atoms with van der Waals surface area (Å²) in [5.41, 5.74) is 2.36. The topological polar surface area (TPSA) is 106 Å². The van der Waals surface area contributed by atoms with E-state index in [1.54, 1.807) is 16.9 Å². The number of fused-ring (bicyclic) bond motifs is 1. The van der Waals surface area contributed by atoms with Crippen LogP contribution < -0.4 is 5.32 Å². The van der Waals surface area contributed by atoms with Gasteiger partial charge >= 0.3 is 5.97 Å². The molecule has 8 heteroatoms. The van der Waals surface area contributed by atoms with Crippen molar-refractivity contribution < 1.29 is 19.4 Å².